The highest BCUT2D eigenvalue weighted by Gasteiger charge is 2.27. The number of hydrogen-bond donors (Lipinski definition) is 2. The molecule has 3 rings (SSSR count). The van der Waals surface area contributed by atoms with E-state index in [1.165, 1.54) is 4.68 Å². The molecule has 0 amide bonds. The zero-order chi connectivity index (χ0) is 14.3. The summed E-state index contributed by atoms with van der Waals surface area (Å²) in [5.41, 5.74) is -0.0750. The van der Waals surface area contributed by atoms with Gasteiger partial charge in [0.2, 0.25) is 0 Å². The van der Waals surface area contributed by atoms with Gasteiger partial charge >= 0.3 is 7.12 Å². The van der Waals surface area contributed by atoms with Crippen molar-refractivity contribution in [3.8, 4) is 0 Å². The molecule has 1 fully saturated rings. The molecule has 5 nitrogen and oxygen atoms in total. The van der Waals surface area contributed by atoms with Gasteiger partial charge in [-0.2, -0.15) is 5.10 Å². The molecule has 2 N–H and O–H groups in total. The molecule has 1 atom stereocenters. The Morgan fingerprint density at radius 3 is 2.80 bits per heavy atom. The van der Waals surface area contributed by atoms with Gasteiger partial charge in [0.1, 0.15) is 16.9 Å². The summed E-state index contributed by atoms with van der Waals surface area (Å²) in [4.78, 5) is 0. The molecule has 106 valence electrons. The lowest BCUT2D eigenvalue weighted by molar-refractivity contribution is 0.0564. The van der Waals surface area contributed by atoms with Crippen LogP contribution in [-0.2, 0) is 4.74 Å². The minimum absolute atomic E-state index is 0.0723. The van der Waals surface area contributed by atoms with E-state index in [-0.39, 0.29) is 22.5 Å². The highest BCUT2D eigenvalue weighted by atomic mass is 19.1. The molecule has 0 aliphatic carbocycles. The largest absolute Gasteiger partial charge is 0.510 e. The van der Waals surface area contributed by atoms with Crippen LogP contribution in [0.1, 0.15) is 18.9 Å². The summed E-state index contributed by atoms with van der Waals surface area (Å²) in [6.07, 6.45) is 1.56. The lowest BCUT2D eigenvalue weighted by atomic mass is 9.84. The summed E-state index contributed by atoms with van der Waals surface area (Å²) < 4.78 is 34.1. The van der Waals surface area contributed by atoms with E-state index in [4.69, 9.17) is 4.74 Å². The Morgan fingerprint density at radius 2 is 2.15 bits per heavy atom. The van der Waals surface area contributed by atoms with Crippen molar-refractivity contribution in [3.05, 3.63) is 23.8 Å². The smallest absolute Gasteiger partial charge is 0.422 e. The number of nitrogens with zero attached hydrogens (tertiary/aromatic N) is 2. The fourth-order valence-electron chi connectivity index (χ4n) is 2.59. The molecule has 0 spiro atoms. The average molecular weight is 282 g/mol. The van der Waals surface area contributed by atoms with Gasteiger partial charge in [-0.05, 0) is 18.9 Å². The molecule has 1 saturated heterocycles. The van der Waals surface area contributed by atoms with E-state index in [1.54, 1.807) is 0 Å². The molecule has 1 aromatic heterocycles. The molecule has 1 aromatic carbocycles. The molecule has 1 unspecified atom stereocenters. The molecule has 2 heterocycles. The molecule has 1 aliphatic heterocycles. The topological polar surface area (TPSA) is 67.5 Å². The molecule has 1 aliphatic rings. The van der Waals surface area contributed by atoms with Gasteiger partial charge < -0.3 is 14.8 Å². The third-order valence-electron chi connectivity index (χ3n) is 3.48. The second kappa shape index (κ2) is 5.12. The van der Waals surface area contributed by atoms with Crippen molar-refractivity contribution < 1.29 is 23.6 Å². The molecular weight excluding hydrogens is 269 g/mol. The number of halogens is 2. The third kappa shape index (κ3) is 2.19. The highest BCUT2D eigenvalue weighted by molar-refractivity contribution is 6.60. The Morgan fingerprint density at radius 1 is 1.35 bits per heavy atom. The van der Waals surface area contributed by atoms with Crippen LogP contribution in [0.25, 0.3) is 10.9 Å². The van der Waals surface area contributed by atoms with Crippen molar-refractivity contribution in [3.63, 3.8) is 0 Å². The zero-order valence-electron chi connectivity index (χ0n) is 10.6. The van der Waals surface area contributed by atoms with Crippen LogP contribution in [0.4, 0.5) is 8.78 Å². The van der Waals surface area contributed by atoms with Gasteiger partial charge in [-0.15, -0.1) is 0 Å². The van der Waals surface area contributed by atoms with Crippen LogP contribution < -0.4 is 5.59 Å². The lowest BCUT2D eigenvalue weighted by Crippen LogP contribution is -2.33. The first-order valence-electron chi connectivity index (χ1n) is 6.39. The van der Waals surface area contributed by atoms with Crippen LogP contribution >= 0.6 is 0 Å². The summed E-state index contributed by atoms with van der Waals surface area (Å²) in [6, 6.07) is 1.62. The van der Waals surface area contributed by atoms with Crippen molar-refractivity contribution >= 4 is 23.6 Å². The van der Waals surface area contributed by atoms with Crippen molar-refractivity contribution in [2.24, 2.45) is 0 Å². The lowest BCUT2D eigenvalue weighted by Gasteiger charge is -2.23. The zero-order valence-corrected chi connectivity index (χ0v) is 10.6. The molecule has 2 aromatic rings. The number of rotatable bonds is 2. The van der Waals surface area contributed by atoms with Crippen molar-refractivity contribution in [1.29, 1.82) is 0 Å². The summed E-state index contributed by atoms with van der Waals surface area (Å²) >= 11 is 0. The molecule has 20 heavy (non-hydrogen) atoms. The molecule has 0 bridgehead atoms. The molecule has 0 saturated carbocycles. The van der Waals surface area contributed by atoms with Crippen LogP contribution in [0.3, 0.4) is 0 Å². The third-order valence-corrected chi connectivity index (χ3v) is 3.48. The summed E-state index contributed by atoms with van der Waals surface area (Å²) in [6.45, 7) is 1.01. The van der Waals surface area contributed by atoms with Crippen molar-refractivity contribution in [1.82, 2.24) is 9.78 Å². The molecule has 8 heteroatoms. The predicted octanol–water partition coefficient (Wildman–Crippen LogP) is 0.346. The van der Waals surface area contributed by atoms with Gasteiger partial charge in [0.05, 0.1) is 12.6 Å². The molecular formula is C12H13BF2N2O3. The van der Waals surface area contributed by atoms with Crippen molar-refractivity contribution in [2.75, 3.05) is 13.2 Å². The van der Waals surface area contributed by atoms with Crippen LogP contribution in [0.15, 0.2) is 12.1 Å². The van der Waals surface area contributed by atoms with Crippen LogP contribution in [0.2, 0.25) is 0 Å². The van der Waals surface area contributed by atoms with E-state index in [2.05, 4.69) is 5.10 Å². The maximum Gasteiger partial charge on any atom is 0.510 e. The Bertz CT molecular complexity index is 641. The van der Waals surface area contributed by atoms with Crippen LogP contribution in [0, 0.1) is 11.6 Å². The first-order chi connectivity index (χ1) is 9.58. The Hall–Kier alpha value is -1.51. The fraction of sp³-hybridized carbons (Fsp3) is 0.417. The average Bonchev–Trinajstić information content (AvgIpc) is 2.79. The minimum atomic E-state index is -1.88. The maximum atomic E-state index is 14.0. The van der Waals surface area contributed by atoms with Gasteiger partial charge in [-0.1, -0.05) is 0 Å². The van der Waals surface area contributed by atoms with Crippen molar-refractivity contribution in [2.45, 2.75) is 18.9 Å². The highest BCUT2D eigenvalue weighted by Crippen LogP contribution is 2.26. The second-order valence-electron chi connectivity index (χ2n) is 4.86. The first kappa shape index (κ1) is 13.5. The number of hydrogen-bond acceptors (Lipinski definition) is 4. The Kier molecular flexibility index (Phi) is 3.45. The number of fused-ring (bicyclic) bond motifs is 1. The van der Waals surface area contributed by atoms with Crippen LogP contribution in [-0.4, -0.2) is 40.2 Å². The predicted molar refractivity (Wildman–Crippen MR) is 68.6 cm³/mol. The first-order valence-corrected chi connectivity index (χ1v) is 6.39. The van der Waals surface area contributed by atoms with Gasteiger partial charge in [-0.3, -0.25) is 4.68 Å². The number of aromatic nitrogens is 2. The minimum Gasteiger partial charge on any atom is -0.422 e. The Balaban J connectivity index is 2.21. The van der Waals surface area contributed by atoms with E-state index in [0.29, 0.717) is 13.2 Å². The second-order valence-corrected chi connectivity index (χ2v) is 4.86. The van der Waals surface area contributed by atoms with E-state index < -0.39 is 18.8 Å². The Labute approximate surface area is 113 Å². The summed E-state index contributed by atoms with van der Waals surface area (Å²) in [5, 5.41) is 22.8. The van der Waals surface area contributed by atoms with Gasteiger partial charge in [0, 0.05) is 18.1 Å². The van der Waals surface area contributed by atoms with Gasteiger partial charge in [0.25, 0.3) is 0 Å². The SMILES string of the molecule is OB(O)c1nn(C2CCCOC2)c2c(F)cc(F)cc12. The monoisotopic (exact) mass is 282 g/mol. The summed E-state index contributed by atoms with van der Waals surface area (Å²) in [5.74, 6) is -1.55. The van der Waals surface area contributed by atoms with E-state index >= 15 is 0 Å². The number of ether oxygens (including phenoxy) is 1. The quantitative estimate of drug-likeness (QED) is 0.780. The normalized spacial score (nSPS) is 19.5. The van der Waals surface area contributed by atoms with E-state index in [0.717, 1.165) is 25.0 Å². The van der Waals surface area contributed by atoms with E-state index in [9.17, 15) is 18.8 Å². The number of benzene rings is 1. The fourth-order valence-corrected chi connectivity index (χ4v) is 2.59. The maximum absolute atomic E-state index is 14.0. The van der Waals surface area contributed by atoms with E-state index in [1.807, 2.05) is 0 Å². The summed E-state index contributed by atoms with van der Waals surface area (Å²) in [7, 11) is -1.88. The molecule has 0 radical (unpaired) electrons. The van der Waals surface area contributed by atoms with Gasteiger partial charge in [0.15, 0.2) is 5.82 Å². The standard InChI is InChI=1S/C12H13BF2N2O3/c14-7-4-9-11(10(15)5-7)17(16-12(9)13(18)19)8-2-1-3-20-6-8/h4-5,8,18-19H,1-3,6H2. The van der Waals surface area contributed by atoms with Crippen LogP contribution in [0.5, 0.6) is 0 Å². The van der Waals surface area contributed by atoms with Gasteiger partial charge in [-0.25, -0.2) is 8.78 Å².